The van der Waals surface area contributed by atoms with E-state index in [-0.39, 0.29) is 11.7 Å². The lowest BCUT2D eigenvalue weighted by molar-refractivity contribution is -0.134. The Bertz CT molecular complexity index is 395. The molecule has 1 aromatic rings. The molecule has 2 unspecified atom stereocenters. The lowest BCUT2D eigenvalue weighted by Crippen LogP contribution is -2.42. The number of nitrogens with zero attached hydrogens (tertiary/aromatic N) is 1. The second kappa shape index (κ2) is 5.59. The van der Waals surface area contributed by atoms with E-state index in [0.717, 1.165) is 25.0 Å². The summed E-state index contributed by atoms with van der Waals surface area (Å²) in [6, 6.07) is 3.85. The molecule has 2 heterocycles. The zero-order valence-corrected chi connectivity index (χ0v) is 11.4. The zero-order valence-electron chi connectivity index (χ0n) is 11.4. The topological polar surface area (TPSA) is 42.4 Å². The number of aliphatic hydroxyl groups excluding tert-OH is 1. The molecule has 0 amide bonds. The maximum Gasteiger partial charge on any atom is 0.0821 e. The van der Waals surface area contributed by atoms with Gasteiger partial charge in [-0.05, 0) is 49.3 Å². The number of ether oxygens (including phenoxy) is 1. The van der Waals surface area contributed by atoms with Gasteiger partial charge in [0.15, 0.2) is 0 Å². The summed E-state index contributed by atoms with van der Waals surface area (Å²) in [5, 5.41) is 10.6. The van der Waals surface area contributed by atoms with Crippen LogP contribution in [0.5, 0.6) is 0 Å². The minimum atomic E-state index is -0.370. The van der Waals surface area contributed by atoms with Crippen molar-refractivity contribution in [2.45, 2.75) is 56.7 Å². The van der Waals surface area contributed by atoms with Crippen molar-refractivity contribution < 1.29 is 9.84 Å². The van der Waals surface area contributed by atoms with Crippen LogP contribution < -0.4 is 0 Å². The normalized spacial score (nSPS) is 28.2. The molecule has 104 valence electrons. The van der Waals surface area contributed by atoms with Gasteiger partial charge in [-0.25, -0.2) is 0 Å². The van der Waals surface area contributed by atoms with Crippen molar-refractivity contribution in [3.05, 3.63) is 30.1 Å². The number of hydrogen-bond donors (Lipinski definition) is 1. The smallest absolute Gasteiger partial charge is 0.0821 e. The summed E-state index contributed by atoms with van der Waals surface area (Å²) < 4.78 is 6.10. The van der Waals surface area contributed by atoms with Gasteiger partial charge in [0.25, 0.3) is 0 Å². The summed E-state index contributed by atoms with van der Waals surface area (Å²) >= 11 is 0. The third kappa shape index (κ3) is 2.82. The molecule has 1 N–H and O–H groups in total. The Hall–Kier alpha value is -0.930. The third-order valence-electron chi connectivity index (χ3n) is 4.79. The van der Waals surface area contributed by atoms with Crippen LogP contribution in [0.15, 0.2) is 24.5 Å². The molecule has 19 heavy (non-hydrogen) atoms. The Kier molecular flexibility index (Phi) is 3.85. The van der Waals surface area contributed by atoms with E-state index in [1.807, 2.05) is 12.1 Å². The lowest BCUT2D eigenvalue weighted by atomic mass is 9.74. The highest BCUT2D eigenvalue weighted by molar-refractivity contribution is 5.14. The Morgan fingerprint density at radius 2 is 1.95 bits per heavy atom. The van der Waals surface area contributed by atoms with Crippen molar-refractivity contribution >= 4 is 0 Å². The molecule has 1 saturated heterocycles. The van der Waals surface area contributed by atoms with E-state index < -0.39 is 0 Å². The van der Waals surface area contributed by atoms with Crippen LogP contribution >= 0.6 is 0 Å². The van der Waals surface area contributed by atoms with E-state index in [2.05, 4.69) is 4.98 Å². The molecule has 1 aliphatic carbocycles. The first-order valence-corrected chi connectivity index (χ1v) is 7.51. The number of aliphatic hydroxyl groups is 1. The van der Waals surface area contributed by atoms with Gasteiger partial charge in [-0.15, -0.1) is 0 Å². The van der Waals surface area contributed by atoms with Crippen LogP contribution in [-0.4, -0.2) is 22.3 Å². The van der Waals surface area contributed by atoms with Crippen molar-refractivity contribution in [2.24, 2.45) is 5.92 Å². The summed E-state index contributed by atoms with van der Waals surface area (Å²) in [5.41, 5.74) is 1.06. The third-order valence-corrected chi connectivity index (χ3v) is 4.79. The first kappa shape index (κ1) is 13.1. The molecular weight excluding hydrogens is 238 g/mol. The highest BCUT2D eigenvalue weighted by atomic mass is 16.5. The number of hydrogen-bond acceptors (Lipinski definition) is 3. The molecule has 1 aliphatic heterocycles. The predicted molar refractivity (Wildman–Crippen MR) is 73.7 cm³/mol. The molecule has 1 saturated carbocycles. The molecule has 3 heteroatoms. The molecule has 0 radical (unpaired) electrons. The Balaban J connectivity index is 1.71. The SMILES string of the molecule is OC(c1ccncc1)C1CCOC2(CCCCC2)C1. The average Bonchev–Trinajstić information content (AvgIpc) is 2.48. The molecule has 0 aromatic carbocycles. The van der Waals surface area contributed by atoms with Crippen molar-refractivity contribution in [3.63, 3.8) is 0 Å². The fourth-order valence-corrected chi connectivity index (χ4v) is 3.71. The van der Waals surface area contributed by atoms with Crippen LogP contribution in [0.25, 0.3) is 0 Å². The van der Waals surface area contributed by atoms with Gasteiger partial charge in [-0.2, -0.15) is 0 Å². The van der Waals surface area contributed by atoms with Crippen molar-refractivity contribution in [1.29, 1.82) is 0 Å². The van der Waals surface area contributed by atoms with Gasteiger partial charge >= 0.3 is 0 Å². The largest absolute Gasteiger partial charge is 0.388 e. The average molecular weight is 261 g/mol. The van der Waals surface area contributed by atoms with Crippen molar-refractivity contribution in [1.82, 2.24) is 4.98 Å². The Morgan fingerprint density at radius 3 is 2.68 bits per heavy atom. The summed E-state index contributed by atoms with van der Waals surface area (Å²) in [5.74, 6) is 0.328. The number of pyridine rings is 1. The van der Waals surface area contributed by atoms with Crippen LogP contribution in [0.3, 0.4) is 0 Å². The maximum absolute atomic E-state index is 10.6. The van der Waals surface area contributed by atoms with Crippen LogP contribution in [0.1, 0.15) is 56.6 Å². The molecular formula is C16H23NO2. The summed E-state index contributed by atoms with van der Waals surface area (Å²) in [7, 11) is 0. The van der Waals surface area contributed by atoms with Gasteiger partial charge in [0, 0.05) is 19.0 Å². The molecule has 2 atom stereocenters. The fraction of sp³-hybridized carbons (Fsp3) is 0.688. The molecule has 3 nitrogen and oxygen atoms in total. The van der Waals surface area contributed by atoms with E-state index in [4.69, 9.17) is 4.74 Å². The minimum Gasteiger partial charge on any atom is -0.388 e. The first-order chi connectivity index (χ1) is 9.29. The van der Waals surface area contributed by atoms with Gasteiger partial charge in [0.1, 0.15) is 0 Å². The van der Waals surface area contributed by atoms with Gasteiger partial charge in [0.05, 0.1) is 11.7 Å². The predicted octanol–water partition coefficient (Wildman–Crippen LogP) is 3.24. The van der Waals surface area contributed by atoms with E-state index in [0.29, 0.717) is 5.92 Å². The van der Waals surface area contributed by atoms with Gasteiger partial charge in [-0.1, -0.05) is 19.3 Å². The monoisotopic (exact) mass is 261 g/mol. The molecule has 0 bridgehead atoms. The number of rotatable bonds is 2. The molecule has 2 aliphatic rings. The van der Waals surface area contributed by atoms with Crippen molar-refractivity contribution in [3.8, 4) is 0 Å². The van der Waals surface area contributed by atoms with E-state index in [1.54, 1.807) is 12.4 Å². The summed E-state index contributed by atoms with van der Waals surface area (Å²) in [4.78, 5) is 4.02. The van der Waals surface area contributed by atoms with Gasteiger partial charge in [-0.3, -0.25) is 4.98 Å². The van der Waals surface area contributed by atoms with Crippen LogP contribution in [0.4, 0.5) is 0 Å². The highest BCUT2D eigenvalue weighted by Crippen LogP contribution is 2.44. The molecule has 2 fully saturated rings. The Labute approximate surface area is 115 Å². The Morgan fingerprint density at radius 1 is 1.21 bits per heavy atom. The zero-order chi connectivity index (χ0) is 13.1. The summed E-state index contributed by atoms with van der Waals surface area (Å²) in [6.45, 7) is 0.798. The van der Waals surface area contributed by atoms with E-state index >= 15 is 0 Å². The van der Waals surface area contributed by atoms with Gasteiger partial charge < -0.3 is 9.84 Å². The lowest BCUT2D eigenvalue weighted by Gasteiger charge is -2.44. The van der Waals surface area contributed by atoms with Crippen LogP contribution in [-0.2, 0) is 4.74 Å². The first-order valence-electron chi connectivity index (χ1n) is 7.51. The molecule has 3 rings (SSSR count). The quantitative estimate of drug-likeness (QED) is 0.888. The van der Waals surface area contributed by atoms with Crippen molar-refractivity contribution in [2.75, 3.05) is 6.61 Å². The van der Waals surface area contributed by atoms with Gasteiger partial charge in [0.2, 0.25) is 0 Å². The summed E-state index contributed by atoms with van der Waals surface area (Å²) in [6.07, 6.45) is 11.4. The standard InChI is InChI=1S/C16H23NO2/c18-15(13-4-9-17-10-5-13)14-6-11-19-16(12-14)7-2-1-3-8-16/h4-5,9-10,14-15,18H,1-3,6-8,11-12H2. The second-order valence-electron chi connectivity index (χ2n) is 6.07. The second-order valence-corrected chi connectivity index (χ2v) is 6.07. The highest BCUT2D eigenvalue weighted by Gasteiger charge is 2.40. The fourth-order valence-electron chi connectivity index (χ4n) is 3.71. The molecule has 1 aromatic heterocycles. The maximum atomic E-state index is 10.6. The molecule has 1 spiro atoms. The van der Waals surface area contributed by atoms with Crippen LogP contribution in [0.2, 0.25) is 0 Å². The minimum absolute atomic E-state index is 0.0647. The van der Waals surface area contributed by atoms with E-state index in [1.165, 1.54) is 32.1 Å². The number of aromatic nitrogens is 1. The van der Waals surface area contributed by atoms with Crippen LogP contribution in [0, 0.1) is 5.92 Å². The van der Waals surface area contributed by atoms with E-state index in [9.17, 15) is 5.11 Å².